The molecular weight excluding hydrogens is 170 g/mol. The van der Waals surface area contributed by atoms with Crippen molar-refractivity contribution in [2.75, 3.05) is 18.5 Å². The normalized spacial score (nSPS) is 14.7. The van der Waals surface area contributed by atoms with Crippen molar-refractivity contribution in [3.63, 3.8) is 0 Å². The second-order valence-corrected chi connectivity index (χ2v) is 3.18. The van der Waals surface area contributed by atoms with Gasteiger partial charge in [0.25, 0.3) is 0 Å². The van der Waals surface area contributed by atoms with Gasteiger partial charge in [-0.05, 0) is 0 Å². The second-order valence-electron chi connectivity index (χ2n) is 3.18. The maximum Gasteiger partial charge on any atom is 0.327 e. The first-order valence-corrected chi connectivity index (χ1v) is 4.20. The minimum atomic E-state index is -0.191. The molecule has 5 nitrogen and oxygen atoms in total. The van der Waals surface area contributed by atoms with Crippen LogP contribution >= 0.6 is 0 Å². The number of nitrogens with one attached hydrogen (secondary N) is 1. The molecule has 0 aromatic carbocycles. The standard InChI is InChI=1S/C8H11N3O2/c1-10-3-2-6-7(10)11(4-5-12)8(13)9-6/h5H,2-4H2,1H3,(H,9,13). The van der Waals surface area contributed by atoms with Crippen molar-refractivity contribution in [3.8, 4) is 0 Å². The molecule has 0 saturated carbocycles. The summed E-state index contributed by atoms with van der Waals surface area (Å²) in [7, 11) is 1.92. The predicted octanol–water partition coefficient (Wildman–Crippen LogP) is -0.632. The molecule has 70 valence electrons. The van der Waals surface area contributed by atoms with Gasteiger partial charge in [0.05, 0.1) is 12.2 Å². The average molecular weight is 181 g/mol. The summed E-state index contributed by atoms with van der Waals surface area (Å²) in [4.78, 5) is 26.4. The van der Waals surface area contributed by atoms with Crippen molar-refractivity contribution in [3.05, 3.63) is 16.2 Å². The van der Waals surface area contributed by atoms with E-state index in [0.717, 1.165) is 30.8 Å². The van der Waals surface area contributed by atoms with Gasteiger partial charge in [0.2, 0.25) is 0 Å². The molecule has 0 saturated heterocycles. The lowest BCUT2D eigenvalue weighted by atomic mass is 10.4. The van der Waals surface area contributed by atoms with Gasteiger partial charge in [0, 0.05) is 20.0 Å². The number of H-pyrrole nitrogens is 1. The number of rotatable bonds is 2. The molecule has 1 aromatic heterocycles. The Morgan fingerprint density at radius 1 is 1.62 bits per heavy atom. The first-order chi connectivity index (χ1) is 6.24. The van der Waals surface area contributed by atoms with Crippen molar-refractivity contribution < 1.29 is 4.79 Å². The third-order valence-corrected chi connectivity index (χ3v) is 2.34. The monoisotopic (exact) mass is 181 g/mol. The van der Waals surface area contributed by atoms with Crippen molar-refractivity contribution >= 4 is 12.1 Å². The molecular formula is C8H11N3O2. The lowest BCUT2D eigenvalue weighted by Crippen LogP contribution is -2.25. The molecule has 0 unspecified atom stereocenters. The Labute approximate surface area is 75.0 Å². The van der Waals surface area contributed by atoms with Crippen LogP contribution in [0.5, 0.6) is 0 Å². The van der Waals surface area contributed by atoms with Crippen LogP contribution in [0.2, 0.25) is 0 Å². The maximum atomic E-state index is 11.3. The lowest BCUT2D eigenvalue weighted by molar-refractivity contribution is -0.108. The summed E-state index contributed by atoms with van der Waals surface area (Å²) in [5, 5.41) is 0. The summed E-state index contributed by atoms with van der Waals surface area (Å²) in [5.41, 5.74) is 0.748. The molecule has 1 aliphatic heterocycles. The average Bonchev–Trinajstić information content (AvgIpc) is 2.57. The fourth-order valence-corrected chi connectivity index (χ4v) is 1.75. The molecule has 0 spiro atoms. The molecule has 1 N–H and O–H groups in total. The van der Waals surface area contributed by atoms with Crippen LogP contribution in [0.4, 0.5) is 5.82 Å². The molecule has 13 heavy (non-hydrogen) atoms. The molecule has 0 radical (unpaired) electrons. The number of anilines is 1. The zero-order chi connectivity index (χ0) is 9.42. The molecule has 0 atom stereocenters. The number of nitrogens with zero attached hydrogens (tertiary/aromatic N) is 2. The van der Waals surface area contributed by atoms with Crippen LogP contribution in [-0.2, 0) is 17.8 Å². The van der Waals surface area contributed by atoms with Gasteiger partial charge >= 0.3 is 5.69 Å². The summed E-state index contributed by atoms with van der Waals surface area (Å²) in [6.07, 6.45) is 1.59. The summed E-state index contributed by atoms with van der Waals surface area (Å²) in [5.74, 6) is 0.858. The first-order valence-electron chi connectivity index (χ1n) is 4.20. The number of imidazole rings is 1. The van der Waals surface area contributed by atoms with Crippen LogP contribution < -0.4 is 10.6 Å². The van der Waals surface area contributed by atoms with Gasteiger partial charge < -0.3 is 14.7 Å². The highest BCUT2D eigenvalue weighted by Gasteiger charge is 2.22. The number of aldehydes is 1. The van der Waals surface area contributed by atoms with E-state index in [1.165, 1.54) is 4.57 Å². The maximum absolute atomic E-state index is 11.3. The van der Waals surface area contributed by atoms with Crippen LogP contribution in [-0.4, -0.2) is 29.4 Å². The number of aromatic amines is 1. The minimum Gasteiger partial charge on any atom is -0.359 e. The Morgan fingerprint density at radius 3 is 3.08 bits per heavy atom. The summed E-state index contributed by atoms with van der Waals surface area (Å²) in [6.45, 7) is 1.04. The van der Waals surface area contributed by atoms with Gasteiger partial charge in [-0.2, -0.15) is 0 Å². The Morgan fingerprint density at radius 2 is 2.38 bits per heavy atom. The van der Waals surface area contributed by atoms with Crippen LogP contribution in [0, 0.1) is 0 Å². The second kappa shape index (κ2) is 2.76. The zero-order valence-electron chi connectivity index (χ0n) is 7.41. The summed E-state index contributed by atoms with van der Waals surface area (Å²) in [6, 6.07) is 0. The Balaban J connectivity index is 2.54. The zero-order valence-corrected chi connectivity index (χ0v) is 7.41. The molecule has 0 aliphatic carbocycles. The Kier molecular flexibility index (Phi) is 1.72. The number of likely N-dealkylation sites (N-methyl/N-ethyl adjacent to an activating group) is 1. The van der Waals surface area contributed by atoms with E-state index in [1.54, 1.807) is 0 Å². The molecule has 2 heterocycles. The number of hydrogen-bond donors (Lipinski definition) is 1. The largest absolute Gasteiger partial charge is 0.359 e. The van der Waals surface area contributed by atoms with E-state index in [9.17, 15) is 9.59 Å². The van der Waals surface area contributed by atoms with Gasteiger partial charge in [-0.25, -0.2) is 4.79 Å². The van der Waals surface area contributed by atoms with Crippen molar-refractivity contribution in [1.29, 1.82) is 0 Å². The van der Waals surface area contributed by atoms with E-state index in [2.05, 4.69) is 4.98 Å². The molecule has 1 aromatic rings. The molecule has 0 amide bonds. The smallest absolute Gasteiger partial charge is 0.327 e. The number of aromatic nitrogens is 2. The molecule has 2 rings (SSSR count). The molecule has 1 aliphatic rings. The van der Waals surface area contributed by atoms with E-state index in [1.807, 2.05) is 11.9 Å². The quantitative estimate of drug-likeness (QED) is 0.618. The SMILES string of the molecule is CN1CCc2[nH]c(=O)n(CC=O)c21. The van der Waals surface area contributed by atoms with Crippen molar-refractivity contribution in [2.45, 2.75) is 13.0 Å². The summed E-state index contributed by atoms with van der Waals surface area (Å²) >= 11 is 0. The molecule has 0 fully saturated rings. The highest BCUT2D eigenvalue weighted by atomic mass is 16.1. The van der Waals surface area contributed by atoms with Crippen LogP contribution in [0.25, 0.3) is 0 Å². The third-order valence-electron chi connectivity index (χ3n) is 2.34. The predicted molar refractivity (Wildman–Crippen MR) is 48.1 cm³/mol. The van der Waals surface area contributed by atoms with Crippen LogP contribution in [0.1, 0.15) is 5.69 Å². The highest BCUT2D eigenvalue weighted by molar-refractivity contribution is 5.55. The van der Waals surface area contributed by atoms with E-state index in [0.29, 0.717) is 0 Å². The number of hydrogen-bond acceptors (Lipinski definition) is 3. The number of carbonyl (C=O) groups excluding carboxylic acids is 1. The van der Waals surface area contributed by atoms with Crippen molar-refractivity contribution in [1.82, 2.24) is 9.55 Å². The number of fused-ring (bicyclic) bond motifs is 1. The van der Waals surface area contributed by atoms with Gasteiger partial charge in [-0.1, -0.05) is 0 Å². The van der Waals surface area contributed by atoms with E-state index >= 15 is 0 Å². The van der Waals surface area contributed by atoms with Crippen molar-refractivity contribution in [2.24, 2.45) is 0 Å². The van der Waals surface area contributed by atoms with E-state index < -0.39 is 0 Å². The first kappa shape index (κ1) is 8.10. The Bertz CT molecular complexity index is 391. The highest BCUT2D eigenvalue weighted by Crippen LogP contribution is 2.22. The molecule has 5 heteroatoms. The van der Waals surface area contributed by atoms with Gasteiger partial charge in [0.15, 0.2) is 0 Å². The Hall–Kier alpha value is -1.52. The third kappa shape index (κ3) is 1.07. The number of carbonyl (C=O) groups is 1. The van der Waals surface area contributed by atoms with Crippen LogP contribution in [0.15, 0.2) is 4.79 Å². The van der Waals surface area contributed by atoms with Crippen LogP contribution in [0.3, 0.4) is 0 Å². The molecule has 0 bridgehead atoms. The summed E-state index contributed by atoms with van der Waals surface area (Å²) < 4.78 is 1.47. The fraction of sp³-hybridized carbons (Fsp3) is 0.500. The van der Waals surface area contributed by atoms with Gasteiger partial charge in [-0.15, -0.1) is 0 Å². The minimum absolute atomic E-state index is 0.134. The van der Waals surface area contributed by atoms with E-state index in [-0.39, 0.29) is 12.2 Å². The topological polar surface area (TPSA) is 58.1 Å². The van der Waals surface area contributed by atoms with E-state index in [4.69, 9.17) is 0 Å². The van der Waals surface area contributed by atoms with Gasteiger partial charge in [-0.3, -0.25) is 4.57 Å². The fourth-order valence-electron chi connectivity index (χ4n) is 1.75. The lowest BCUT2D eigenvalue weighted by Gasteiger charge is -2.12. The van der Waals surface area contributed by atoms with Gasteiger partial charge in [0.1, 0.15) is 12.1 Å².